The fourth-order valence-corrected chi connectivity index (χ4v) is 12.3. The van der Waals surface area contributed by atoms with Gasteiger partial charge in [-0.3, -0.25) is 59.5 Å². The number of hydrogen-bond donors (Lipinski definition) is 0. The quantitative estimate of drug-likeness (QED) is 0.0264. The Morgan fingerprint density at radius 2 is 0.373 bits per heavy atom. The Morgan fingerprint density at radius 1 is 0.206 bits per heavy atom. The molecule has 0 aliphatic heterocycles. The van der Waals surface area contributed by atoms with Crippen LogP contribution in [-0.4, -0.2) is 112 Å². The van der Waals surface area contributed by atoms with Gasteiger partial charge in [-0.1, -0.05) is 97.1 Å². The van der Waals surface area contributed by atoms with Gasteiger partial charge in [0.2, 0.25) is 0 Å². The minimum Gasteiger partial charge on any atom is -0.494 e. The molecule has 0 spiro atoms. The maximum atomic E-state index is 6.56. The molecule has 0 aliphatic carbocycles. The van der Waals surface area contributed by atoms with E-state index in [0.29, 0.717) is 78.8 Å². The SMILES string of the molecule is c1ccc(CN(CCCOc2ccc(C(=C(c3ccc(OCCCN(Cc4ccccn4)Cc4ccccn4)cc3)c3ccc(OCCCN(Cc4ccccn4)Cc4ccccn4)cc3)c3ccc(OCCCN(Cc4ccccn4)Cc4ccccn4)cc3)cc2)Cc2ccccn2)nc1. The predicted octanol–water partition coefficient (Wildman–Crippen LogP) is 15.7. The molecule has 0 atom stereocenters. The van der Waals surface area contributed by atoms with Crippen molar-refractivity contribution < 1.29 is 18.9 Å². The number of benzene rings is 4. The molecule has 0 saturated heterocycles. The van der Waals surface area contributed by atoms with Crippen LogP contribution in [0.3, 0.4) is 0 Å². The van der Waals surface area contributed by atoms with Crippen molar-refractivity contribution >= 4 is 11.1 Å². The molecule has 12 rings (SSSR count). The molecule has 0 aliphatic rings. The van der Waals surface area contributed by atoms with Crippen LogP contribution in [0.2, 0.25) is 0 Å². The molecule has 102 heavy (non-hydrogen) atoms. The molecule has 0 radical (unpaired) electrons. The summed E-state index contributed by atoms with van der Waals surface area (Å²) in [6, 6.07) is 82.6. The van der Waals surface area contributed by atoms with Crippen molar-refractivity contribution in [1.29, 1.82) is 0 Å². The molecule has 0 bridgehead atoms. The monoisotopic (exact) mass is 1350 g/mol. The second kappa shape index (κ2) is 39.0. The van der Waals surface area contributed by atoms with Gasteiger partial charge in [-0.2, -0.15) is 0 Å². The molecule has 12 aromatic rings. The summed E-state index contributed by atoms with van der Waals surface area (Å²) in [4.78, 5) is 46.6. The average Bonchev–Trinajstić information content (AvgIpc) is 0.779. The molecule has 0 N–H and O–H groups in total. The Morgan fingerprint density at radius 3 is 0.520 bits per heavy atom. The van der Waals surface area contributed by atoms with E-state index in [-0.39, 0.29) is 0 Å². The van der Waals surface area contributed by atoms with E-state index in [1.807, 2.05) is 147 Å². The molecular formula is C86H88N12O4. The molecule has 4 aromatic carbocycles. The highest BCUT2D eigenvalue weighted by molar-refractivity contribution is 6.04. The lowest BCUT2D eigenvalue weighted by atomic mass is 9.85. The van der Waals surface area contributed by atoms with E-state index in [1.54, 1.807) is 0 Å². The minimum atomic E-state index is 0.536. The van der Waals surface area contributed by atoms with Crippen LogP contribution < -0.4 is 18.9 Å². The van der Waals surface area contributed by atoms with Crippen LogP contribution in [0.1, 0.15) is 93.5 Å². The Bertz CT molecular complexity index is 3610. The predicted molar refractivity (Wildman–Crippen MR) is 402 cm³/mol. The zero-order valence-electron chi connectivity index (χ0n) is 57.9. The summed E-state index contributed by atoms with van der Waals surface area (Å²) >= 11 is 0. The van der Waals surface area contributed by atoms with Gasteiger partial charge < -0.3 is 18.9 Å². The second-order valence-electron chi connectivity index (χ2n) is 25.1. The first-order chi connectivity index (χ1) is 50.5. The first-order valence-corrected chi connectivity index (χ1v) is 35.3. The lowest BCUT2D eigenvalue weighted by Gasteiger charge is -2.22. The van der Waals surface area contributed by atoms with E-state index in [0.717, 1.165) is 154 Å². The van der Waals surface area contributed by atoms with Crippen molar-refractivity contribution in [2.24, 2.45) is 0 Å². The Labute approximate surface area is 600 Å². The summed E-state index contributed by atoms with van der Waals surface area (Å²) in [6.07, 6.45) is 18.0. The van der Waals surface area contributed by atoms with Gasteiger partial charge in [-0.15, -0.1) is 0 Å². The third-order valence-electron chi connectivity index (χ3n) is 17.3. The third kappa shape index (κ3) is 23.0. The fourth-order valence-electron chi connectivity index (χ4n) is 12.3. The van der Waals surface area contributed by atoms with Crippen LogP contribution in [-0.2, 0) is 52.4 Å². The standard InChI is InChI=1S/C86H88N12O4/c1-9-45-87-73(21-1)61-95(62-74-22-2-10-46-88-74)53-17-57-99-81-37-29-69(30-38-81)85(70-31-39-82(40-32-70)100-58-18-54-96(63-75-23-3-11-47-89-75)64-76-24-4-12-48-90-76)86(71-33-41-83(42-34-71)101-59-19-55-97(65-77-25-5-13-49-91-77)66-78-26-6-14-50-92-78)72-35-43-84(44-36-72)102-60-20-56-98(67-79-27-7-15-51-93-79)68-80-28-8-16-52-94-80/h1-16,21-52H,17-20,53-68H2. The van der Waals surface area contributed by atoms with Crippen molar-refractivity contribution in [2.45, 2.75) is 78.0 Å². The number of rotatable bonds is 40. The van der Waals surface area contributed by atoms with E-state index in [4.69, 9.17) is 18.9 Å². The Balaban J connectivity index is 0.805. The maximum Gasteiger partial charge on any atom is 0.119 e. The van der Waals surface area contributed by atoms with E-state index in [2.05, 4.69) is 205 Å². The molecule has 16 nitrogen and oxygen atoms in total. The van der Waals surface area contributed by atoms with E-state index >= 15 is 0 Å². The topological polar surface area (TPSA) is 153 Å². The molecule has 0 saturated carbocycles. The number of nitrogens with zero attached hydrogens (tertiary/aromatic N) is 12. The van der Waals surface area contributed by atoms with E-state index in [9.17, 15) is 0 Å². The average molecular weight is 1350 g/mol. The first-order valence-electron chi connectivity index (χ1n) is 35.3. The summed E-state index contributed by atoms with van der Waals surface area (Å²) in [7, 11) is 0. The van der Waals surface area contributed by atoms with Crippen molar-refractivity contribution in [3.63, 3.8) is 0 Å². The van der Waals surface area contributed by atoms with Crippen molar-refractivity contribution in [3.05, 3.63) is 360 Å². The van der Waals surface area contributed by atoms with Gasteiger partial charge in [-0.05, 0) is 205 Å². The summed E-state index contributed by atoms with van der Waals surface area (Å²) in [6.45, 7) is 11.1. The summed E-state index contributed by atoms with van der Waals surface area (Å²) in [5.41, 5.74) is 14.3. The van der Waals surface area contributed by atoms with Crippen molar-refractivity contribution in [3.8, 4) is 23.0 Å². The van der Waals surface area contributed by atoms with Crippen LogP contribution in [0.25, 0.3) is 11.1 Å². The minimum absolute atomic E-state index is 0.536. The largest absolute Gasteiger partial charge is 0.494 e. The van der Waals surface area contributed by atoms with Gasteiger partial charge in [0, 0.05) is 128 Å². The molecule has 516 valence electrons. The molecule has 0 amide bonds. The lowest BCUT2D eigenvalue weighted by Crippen LogP contribution is -2.26. The first kappa shape index (κ1) is 70.7. The lowest BCUT2D eigenvalue weighted by molar-refractivity contribution is 0.218. The van der Waals surface area contributed by atoms with Crippen LogP contribution in [0.4, 0.5) is 0 Å². The summed E-state index contributed by atoms with van der Waals surface area (Å²) < 4.78 is 26.2. The Kier molecular flexibility index (Phi) is 27.0. The van der Waals surface area contributed by atoms with Crippen LogP contribution >= 0.6 is 0 Å². The van der Waals surface area contributed by atoms with Gasteiger partial charge in [-0.25, -0.2) is 0 Å². The second-order valence-corrected chi connectivity index (χ2v) is 25.1. The van der Waals surface area contributed by atoms with Gasteiger partial charge in [0.15, 0.2) is 0 Å². The molecule has 0 unspecified atom stereocenters. The van der Waals surface area contributed by atoms with Crippen LogP contribution in [0.15, 0.2) is 292 Å². The van der Waals surface area contributed by atoms with Crippen molar-refractivity contribution in [1.82, 2.24) is 59.5 Å². The molecule has 16 heteroatoms. The zero-order chi connectivity index (χ0) is 69.3. The van der Waals surface area contributed by atoms with Crippen molar-refractivity contribution in [2.75, 3.05) is 52.6 Å². The highest BCUT2D eigenvalue weighted by Crippen LogP contribution is 2.39. The van der Waals surface area contributed by atoms with E-state index in [1.165, 1.54) is 0 Å². The smallest absolute Gasteiger partial charge is 0.119 e. The van der Waals surface area contributed by atoms with Crippen LogP contribution in [0, 0.1) is 0 Å². The van der Waals surface area contributed by atoms with Crippen LogP contribution in [0.5, 0.6) is 23.0 Å². The molecule has 8 heterocycles. The summed E-state index contributed by atoms with van der Waals surface area (Å²) in [5.74, 6) is 3.16. The molecule has 0 fully saturated rings. The maximum absolute atomic E-state index is 6.56. The van der Waals surface area contributed by atoms with Gasteiger partial charge in [0.1, 0.15) is 23.0 Å². The zero-order valence-corrected chi connectivity index (χ0v) is 57.9. The van der Waals surface area contributed by atoms with Gasteiger partial charge in [0.05, 0.1) is 72.0 Å². The third-order valence-corrected chi connectivity index (χ3v) is 17.3. The number of ether oxygens (including phenoxy) is 4. The molecule has 8 aromatic heterocycles. The normalized spacial score (nSPS) is 11.3. The highest BCUT2D eigenvalue weighted by atomic mass is 16.5. The highest BCUT2D eigenvalue weighted by Gasteiger charge is 2.20. The fraction of sp³-hybridized carbons (Fsp3) is 0.233. The van der Waals surface area contributed by atoms with Gasteiger partial charge in [0.25, 0.3) is 0 Å². The Hall–Kier alpha value is -11.1. The van der Waals surface area contributed by atoms with Gasteiger partial charge >= 0.3 is 0 Å². The summed E-state index contributed by atoms with van der Waals surface area (Å²) in [5, 5.41) is 0. The number of pyridine rings is 8. The molecular weight excluding hydrogens is 1270 g/mol. The number of aromatic nitrogens is 8. The number of hydrogen-bond acceptors (Lipinski definition) is 16. The van der Waals surface area contributed by atoms with E-state index < -0.39 is 0 Å².